The highest BCUT2D eigenvalue weighted by molar-refractivity contribution is 8.00. The third-order valence-electron chi connectivity index (χ3n) is 5.48. The second-order valence-electron chi connectivity index (χ2n) is 7.49. The number of carbonyl (C=O) groups is 1. The van der Waals surface area contributed by atoms with Crippen LogP contribution in [0.1, 0.15) is 18.1 Å². The summed E-state index contributed by atoms with van der Waals surface area (Å²) in [6.45, 7) is 4.14. The smallest absolute Gasteiger partial charge is 0.237 e. The molecule has 0 fully saturated rings. The first-order valence-electron chi connectivity index (χ1n) is 9.91. The molecule has 0 aliphatic carbocycles. The summed E-state index contributed by atoms with van der Waals surface area (Å²) < 4.78 is 1.83. The first-order valence-corrected chi connectivity index (χ1v) is 10.9. The highest BCUT2D eigenvalue weighted by Gasteiger charge is 2.30. The van der Waals surface area contributed by atoms with E-state index in [0.29, 0.717) is 5.75 Å². The number of benzene rings is 2. The zero-order valence-electron chi connectivity index (χ0n) is 16.8. The SMILES string of the molecule is Cc1ccccc1-n1ncc2c(SCC(=O)N3c4ccccc4C[C@H]3C)ncnc21. The highest BCUT2D eigenvalue weighted by Crippen LogP contribution is 2.33. The van der Waals surface area contributed by atoms with Gasteiger partial charge in [-0.2, -0.15) is 5.10 Å². The van der Waals surface area contributed by atoms with Crippen molar-refractivity contribution in [2.45, 2.75) is 31.3 Å². The molecule has 0 spiro atoms. The standard InChI is InChI=1S/C23H21N5OS/c1-15-7-3-5-9-19(15)28-22-18(12-26-28)23(25-14-24-22)30-13-21(29)27-16(2)11-17-8-4-6-10-20(17)27/h3-10,12,14,16H,11,13H2,1-2H3/t16-/m1/s1. The molecule has 0 N–H and O–H groups in total. The maximum atomic E-state index is 13.0. The van der Waals surface area contributed by atoms with E-state index in [0.717, 1.165) is 39.4 Å². The van der Waals surface area contributed by atoms with E-state index in [1.54, 1.807) is 12.5 Å². The van der Waals surface area contributed by atoms with E-state index in [9.17, 15) is 4.79 Å². The average molecular weight is 416 g/mol. The molecule has 5 rings (SSSR count). The lowest BCUT2D eigenvalue weighted by atomic mass is 10.1. The van der Waals surface area contributed by atoms with Crippen LogP contribution in [-0.4, -0.2) is 37.5 Å². The largest absolute Gasteiger partial charge is 0.308 e. The van der Waals surface area contributed by atoms with Crippen molar-refractivity contribution >= 4 is 34.4 Å². The number of fused-ring (bicyclic) bond motifs is 2. The number of hydrogen-bond acceptors (Lipinski definition) is 5. The fraction of sp³-hybridized carbons (Fsp3) is 0.217. The lowest BCUT2D eigenvalue weighted by Crippen LogP contribution is -2.36. The average Bonchev–Trinajstić information content (AvgIpc) is 3.33. The minimum atomic E-state index is 0.0931. The van der Waals surface area contributed by atoms with Crippen molar-refractivity contribution in [1.82, 2.24) is 19.7 Å². The lowest BCUT2D eigenvalue weighted by molar-refractivity contribution is -0.116. The number of carbonyl (C=O) groups excluding carboxylic acids is 1. The van der Waals surface area contributed by atoms with Crippen molar-refractivity contribution in [3.8, 4) is 5.69 Å². The van der Waals surface area contributed by atoms with Crippen LogP contribution in [0.3, 0.4) is 0 Å². The van der Waals surface area contributed by atoms with E-state index in [1.807, 2.05) is 59.0 Å². The fourth-order valence-electron chi connectivity index (χ4n) is 4.06. The fourth-order valence-corrected chi connectivity index (χ4v) is 4.88. The Kier molecular flexibility index (Phi) is 4.75. The number of amides is 1. The summed E-state index contributed by atoms with van der Waals surface area (Å²) in [6.07, 6.45) is 4.22. The third kappa shape index (κ3) is 3.15. The number of thioether (sulfide) groups is 1. The second kappa shape index (κ2) is 7.57. The Bertz CT molecular complexity index is 1250. The summed E-state index contributed by atoms with van der Waals surface area (Å²) in [4.78, 5) is 23.8. The van der Waals surface area contributed by atoms with E-state index in [-0.39, 0.29) is 11.9 Å². The summed E-state index contributed by atoms with van der Waals surface area (Å²) in [5, 5.41) is 6.17. The molecule has 4 aromatic rings. The van der Waals surface area contributed by atoms with Gasteiger partial charge >= 0.3 is 0 Å². The van der Waals surface area contributed by atoms with Gasteiger partial charge in [0.2, 0.25) is 5.91 Å². The van der Waals surface area contributed by atoms with Gasteiger partial charge in [0, 0.05) is 11.7 Å². The lowest BCUT2D eigenvalue weighted by Gasteiger charge is -2.22. The van der Waals surface area contributed by atoms with Gasteiger partial charge in [0.1, 0.15) is 11.4 Å². The molecule has 3 heterocycles. The predicted octanol–water partition coefficient (Wildman–Crippen LogP) is 4.19. The van der Waals surface area contributed by atoms with Gasteiger partial charge < -0.3 is 4.90 Å². The van der Waals surface area contributed by atoms with Crippen LogP contribution in [-0.2, 0) is 11.2 Å². The van der Waals surface area contributed by atoms with Crippen LogP contribution >= 0.6 is 11.8 Å². The Labute approximate surface area is 179 Å². The number of rotatable bonds is 4. The van der Waals surface area contributed by atoms with E-state index >= 15 is 0 Å². The maximum Gasteiger partial charge on any atom is 0.237 e. The molecule has 0 saturated heterocycles. The molecule has 6 nitrogen and oxygen atoms in total. The molecule has 1 aliphatic rings. The monoisotopic (exact) mass is 415 g/mol. The molecule has 150 valence electrons. The van der Waals surface area contributed by atoms with Crippen LogP contribution in [0.2, 0.25) is 0 Å². The molecule has 0 saturated carbocycles. The molecule has 1 atom stereocenters. The molecule has 1 amide bonds. The Morgan fingerprint density at radius 1 is 1.10 bits per heavy atom. The van der Waals surface area contributed by atoms with Crippen molar-refractivity contribution in [1.29, 1.82) is 0 Å². The number of hydrogen-bond donors (Lipinski definition) is 0. The van der Waals surface area contributed by atoms with Crippen molar-refractivity contribution in [3.63, 3.8) is 0 Å². The summed E-state index contributed by atoms with van der Waals surface area (Å²) in [7, 11) is 0. The van der Waals surface area contributed by atoms with Crippen LogP contribution < -0.4 is 4.90 Å². The quantitative estimate of drug-likeness (QED) is 0.369. The first kappa shape index (κ1) is 18.8. The Morgan fingerprint density at radius 3 is 2.70 bits per heavy atom. The zero-order chi connectivity index (χ0) is 20.7. The summed E-state index contributed by atoms with van der Waals surface area (Å²) in [5.41, 5.74) is 5.10. The molecule has 0 unspecified atom stereocenters. The van der Waals surface area contributed by atoms with Gasteiger partial charge in [-0.15, -0.1) is 0 Å². The number of aromatic nitrogens is 4. The van der Waals surface area contributed by atoms with Gasteiger partial charge in [-0.05, 0) is 43.5 Å². The molecule has 0 bridgehead atoms. The molecule has 30 heavy (non-hydrogen) atoms. The van der Waals surface area contributed by atoms with Crippen molar-refractivity contribution in [3.05, 3.63) is 72.2 Å². The Morgan fingerprint density at radius 2 is 1.87 bits per heavy atom. The Balaban J connectivity index is 1.40. The maximum absolute atomic E-state index is 13.0. The van der Waals surface area contributed by atoms with E-state index in [4.69, 9.17) is 0 Å². The van der Waals surface area contributed by atoms with Gasteiger partial charge in [-0.25, -0.2) is 14.6 Å². The number of nitrogens with zero attached hydrogens (tertiary/aromatic N) is 5. The second-order valence-corrected chi connectivity index (χ2v) is 8.46. The summed E-state index contributed by atoms with van der Waals surface area (Å²) in [6, 6.07) is 16.4. The molecule has 1 aliphatic heterocycles. The topological polar surface area (TPSA) is 63.9 Å². The number of para-hydroxylation sites is 2. The van der Waals surface area contributed by atoms with Crippen LogP contribution in [0, 0.1) is 6.92 Å². The molecule has 7 heteroatoms. The normalized spacial score (nSPS) is 15.5. The predicted molar refractivity (Wildman–Crippen MR) is 119 cm³/mol. The van der Waals surface area contributed by atoms with Gasteiger partial charge in [-0.3, -0.25) is 4.79 Å². The molecule has 2 aromatic heterocycles. The van der Waals surface area contributed by atoms with E-state index in [1.165, 1.54) is 17.3 Å². The van der Waals surface area contributed by atoms with Gasteiger partial charge in [0.25, 0.3) is 0 Å². The van der Waals surface area contributed by atoms with Crippen LogP contribution in [0.25, 0.3) is 16.7 Å². The van der Waals surface area contributed by atoms with E-state index in [2.05, 4.69) is 28.1 Å². The molecular weight excluding hydrogens is 394 g/mol. The summed E-state index contributed by atoms with van der Waals surface area (Å²) in [5.74, 6) is 0.413. The molecule has 2 aromatic carbocycles. The zero-order valence-corrected chi connectivity index (χ0v) is 17.6. The van der Waals surface area contributed by atoms with Crippen molar-refractivity contribution in [2.24, 2.45) is 0 Å². The number of aryl methyl sites for hydroxylation is 1. The van der Waals surface area contributed by atoms with Crippen LogP contribution in [0.4, 0.5) is 5.69 Å². The van der Waals surface area contributed by atoms with Crippen molar-refractivity contribution in [2.75, 3.05) is 10.7 Å². The van der Waals surface area contributed by atoms with Gasteiger partial charge in [0.05, 0.1) is 23.0 Å². The van der Waals surface area contributed by atoms with Crippen LogP contribution in [0.5, 0.6) is 0 Å². The molecule has 0 radical (unpaired) electrons. The van der Waals surface area contributed by atoms with Crippen molar-refractivity contribution < 1.29 is 4.79 Å². The van der Waals surface area contributed by atoms with Gasteiger partial charge in [-0.1, -0.05) is 48.2 Å². The highest BCUT2D eigenvalue weighted by atomic mass is 32.2. The minimum absolute atomic E-state index is 0.0931. The summed E-state index contributed by atoms with van der Waals surface area (Å²) >= 11 is 1.44. The minimum Gasteiger partial charge on any atom is -0.308 e. The third-order valence-corrected chi connectivity index (χ3v) is 6.47. The van der Waals surface area contributed by atoms with Crippen LogP contribution in [0.15, 0.2) is 66.1 Å². The Hall–Kier alpha value is -3.19. The number of anilines is 1. The van der Waals surface area contributed by atoms with E-state index < -0.39 is 0 Å². The van der Waals surface area contributed by atoms with Gasteiger partial charge in [0.15, 0.2) is 5.65 Å². The molecular formula is C23H21N5OS. The first-order chi connectivity index (χ1) is 14.6.